The van der Waals surface area contributed by atoms with Crippen LogP contribution in [0.2, 0.25) is 0 Å². The van der Waals surface area contributed by atoms with Gasteiger partial charge in [-0.25, -0.2) is 0 Å². The molecule has 0 fully saturated rings. The highest BCUT2D eigenvalue weighted by Gasteiger charge is 2.14. The smallest absolute Gasteiger partial charge is 0.118 e. The monoisotopic (exact) mass is 323 g/mol. The van der Waals surface area contributed by atoms with Gasteiger partial charge in [-0.15, -0.1) is 11.8 Å². The van der Waals surface area contributed by atoms with Gasteiger partial charge in [0.05, 0.1) is 18.8 Å². The lowest BCUT2D eigenvalue weighted by Crippen LogP contribution is -2.07. The van der Waals surface area contributed by atoms with Crippen LogP contribution < -0.4 is 4.74 Å². The number of hydrogen-bond acceptors (Lipinski definition) is 3. The minimum absolute atomic E-state index is 0.122. The third-order valence-electron chi connectivity index (χ3n) is 3.16. The first-order valence-electron chi connectivity index (χ1n) is 7.47. The summed E-state index contributed by atoms with van der Waals surface area (Å²) in [7, 11) is 1.63. The zero-order valence-corrected chi connectivity index (χ0v) is 14.8. The second-order valence-electron chi connectivity index (χ2n) is 6.15. The van der Waals surface area contributed by atoms with Gasteiger partial charge in [-0.05, 0) is 47.5 Å². The maximum absolute atomic E-state index is 9.53. The Morgan fingerprint density at radius 2 is 1.74 bits per heavy atom. The van der Waals surface area contributed by atoms with Crippen LogP contribution in [0.1, 0.15) is 31.9 Å². The Morgan fingerprint density at radius 3 is 2.30 bits per heavy atom. The highest BCUT2D eigenvalue weighted by molar-refractivity contribution is 8.00. The van der Waals surface area contributed by atoms with E-state index in [1.54, 1.807) is 7.11 Å². The minimum Gasteiger partial charge on any atom is -0.497 e. The summed E-state index contributed by atoms with van der Waals surface area (Å²) in [4.78, 5) is 1.18. The van der Waals surface area contributed by atoms with E-state index in [1.807, 2.05) is 54.2 Å². The molecule has 0 spiro atoms. The van der Waals surface area contributed by atoms with Crippen molar-refractivity contribution in [2.75, 3.05) is 7.11 Å². The molecule has 0 aliphatic carbocycles. The molecule has 0 radical (unpaired) electrons. The lowest BCUT2D eigenvalue weighted by molar-refractivity contribution is 0.415. The molecule has 118 valence electrons. The van der Waals surface area contributed by atoms with E-state index in [4.69, 9.17) is 4.74 Å². The van der Waals surface area contributed by atoms with Crippen molar-refractivity contribution in [3.05, 3.63) is 59.7 Å². The molecule has 0 bridgehead atoms. The molecule has 0 amide bonds. The lowest BCUT2D eigenvalue weighted by Gasteiger charge is -2.19. The number of nitriles is 1. The number of hydrogen-bond donors (Lipinski definition) is 0. The van der Waals surface area contributed by atoms with Crippen LogP contribution >= 0.6 is 11.8 Å². The largest absolute Gasteiger partial charge is 0.497 e. The molecule has 0 aliphatic heterocycles. The number of methoxy groups -OCH3 is 1. The molecule has 0 unspecified atom stereocenters. The highest BCUT2D eigenvalue weighted by Crippen LogP contribution is 2.35. The van der Waals surface area contributed by atoms with Gasteiger partial charge in [0.15, 0.2) is 0 Å². The molecular formula is C20H21NOS. The number of thioether (sulfide) groups is 1. The maximum atomic E-state index is 9.53. The van der Waals surface area contributed by atoms with Crippen molar-refractivity contribution in [2.45, 2.75) is 30.4 Å². The van der Waals surface area contributed by atoms with E-state index in [0.29, 0.717) is 5.57 Å². The van der Waals surface area contributed by atoms with Gasteiger partial charge in [0, 0.05) is 9.64 Å². The van der Waals surface area contributed by atoms with E-state index in [-0.39, 0.29) is 4.75 Å². The van der Waals surface area contributed by atoms with E-state index < -0.39 is 0 Å². The quantitative estimate of drug-likeness (QED) is 0.414. The summed E-state index contributed by atoms with van der Waals surface area (Å²) in [6.45, 7) is 6.56. The van der Waals surface area contributed by atoms with Crippen molar-refractivity contribution < 1.29 is 4.74 Å². The van der Waals surface area contributed by atoms with Crippen molar-refractivity contribution in [1.82, 2.24) is 0 Å². The van der Waals surface area contributed by atoms with Gasteiger partial charge in [-0.2, -0.15) is 5.26 Å². The van der Waals surface area contributed by atoms with Gasteiger partial charge in [0.1, 0.15) is 5.75 Å². The Labute approximate surface area is 142 Å². The zero-order chi connectivity index (χ0) is 16.9. The molecule has 0 N–H and O–H groups in total. The highest BCUT2D eigenvalue weighted by atomic mass is 32.2. The molecule has 0 aliphatic rings. The summed E-state index contributed by atoms with van der Waals surface area (Å²) in [5.41, 5.74) is 2.61. The average molecular weight is 323 g/mol. The molecule has 0 atom stereocenters. The van der Waals surface area contributed by atoms with Crippen LogP contribution in [0.25, 0.3) is 11.6 Å². The Balaban J connectivity index is 2.40. The second kappa shape index (κ2) is 7.39. The van der Waals surface area contributed by atoms with Crippen molar-refractivity contribution >= 4 is 23.4 Å². The molecule has 23 heavy (non-hydrogen) atoms. The summed E-state index contributed by atoms with van der Waals surface area (Å²) < 4.78 is 5.29. The van der Waals surface area contributed by atoms with E-state index >= 15 is 0 Å². The summed E-state index contributed by atoms with van der Waals surface area (Å²) in [5, 5.41) is 9.53. The molecule has 0 aromatic heterocycles. The molecule has 0 saturated carbocycles. The third kappa shape index (κ3) is 4.91. The third-order valence-corrected chi connectivity index (χ3v) is 4.36. The first kappa shape index (κ1) is 17.2. The summed E-state index contributed by atoms with van der Waals surface area (Å²) >= 11 is 1.81. The Morgan fingerprint density at radius 1 is 1.09 bits per heavy atom. The second-order valence-corrected chi connectivity index (χ2v) is 8.02. The zero-order valence-electron chi connectivity index (χ0n) is 14.0. The summed E-state index contributed by atoms with van der Waals surface area (Å²) in [6.07, 6.45) is 1.95. The van der Waals surface area contributed by atoms with Crippen LogP contribution in [-0.4, -0.2) is 11.9 Å². The fraction of sp³-hybridized carbons (Fsp3) is 0.250. The molecule has 3 heteroatoms. The molecule has 0 saturated heterocycles. The van der Waals surface area contributed by atoms with Crippen LogP contribution in [0.4, 0.5) is 0 Å². The Hall–Kier alpha value is -2.18. The van der Waals surface area contributed by atoms with Gasteiger partial charge in [-0.1, -0.05) is 39.0 Å². The predicted octanol–water partition coefficient (Wildman–Crippen LogP) is 5.65. The SMILES string of the molecule is COc1ccc(/C(C#N)=C/c2ccccc2SC(C)(C)C)cc1. The number of rotatable bonds is 4. The standard InChI is InChI=1S/C20H21NOS/c1-20(2,3)23-19-8-6-5-7-16(19)13-17(14-21)15-9-11-18(22-4)12-10-15/h5-13H,1-4H3/b17-13+. The normalized spacial score (nSPS) is 11.9. The van der Waals surface area contributed by atoms with Crippen LogP contribution in [0.15, 0.2) is 53.4 Å². The Kier molecular flexibility index (Phi) is 5.52. The summed E-state index contributed by atoms with van der Waals surface area (Å²) in [6, 6.07) is 18.1. The van der Waals surface area contributed by atoms with Crippen LogP contribution in [0.5, 0.6) is 5.75 Å². The van der Waals surface area contributed by atoms with Crippen molar-refractivity contribution in [2.24, 2.45) is 0 Å². The number of benzene rings is 2. The van der Waals surface area contributed by atoms with Gasteiger partial charge in [0.25, 0.3) is 0 Å². The maximum Gasteiger partial charge on any atom is 0.118 e. The van der Waals surface area contributed by atoms with Crippen molar-refractivity contribution in [3.8, 4) is 11.8 Å². The van der Waals surface area contributed by atoms with Gasteiger partial charge >= 0.3 is 0 Å². The van der Waals surface area contributed by atoms with Crippen LogP contribution in [-0.2, 0) is 0 Å². The van der Waals surface area contributed by atoms with E-state index in [2.05, 4.69) is 39.0 Å². The molecule has 2 rings (SSSR count). The van der Waals surface area contributed by atoms with Gasteiger partial charge < -0.3 is 4.74 Å². The Bertz CT molecular complexity index is 733. The fourth-order valence-electron chi connectivity index (χ4n) is 2.13. The van der Waals surface area contributed by atoms with Gasteiger partial charge in [0.2, 0.25) is 0 Å². The topological polar surface area (TPSA) is 33.0 Å². The summed E-state index contributed by atoms with van der Waals surface area (Å²) in [5.74, 6) is 0.787. The first-order valence-corrected chi connectivity index (χ1v) is 8.29. The predicted molar refractivity (Wildman–Crippen MR) is 98.5 cm³/mol. The number of ether oxygens (including phenoxy) is 1. The van der Waals surface area contributed by atoms with Crippen LogP contribution in [0, 0.1) is 11.3 Å². The first-order chi connectivity index (χ1) is 10.9. The minimum atomic E-state index is 0.122. The van der Waals surface area contributed by atoms with Crippen LogP contribution in [0.3, 0.4) is 0 Å². The molecular weight excluding hydrogens is 302 g/mol. The number of allylic oxidation sites excluding steroid dienone is 1. The molecule has 2 aromatic rings. The molecule has 0 heterocycles. The lowest BCUT2D eigenvalue weighted by atomic mass is 10.0. The van der Waals surface area contributed by atoms with Crippen molar-refractivity contribution in [3.63, 3.8) is 0 Å². The van der Waals surface area contributed by atoms with Crippen molar-refractivity contribution in [1.29, 1.82) is 5.26 Å². The molecule has 2 aromatic carbocycles. The van der Waals surface area contributed by atoms with E-state index in [9.17, 15) is 5.26 Å². The number of nitrogens with zero attached hydrogens (tertiary/aromatic N) is 1. The van der Waals surface area contributed by atoms with Gasteiger partial charge in [-0.3, -0.25) is 0 Å². The average Bonchev–Trinajstić information content (AvgIpc) is 2.53. The van der Waals surface area contributed by atoms with E-state index in [0.717, 1.165) is 16.9 Å². The molecule has 2 nitrogen and oxygen atoms in total. The fourth-order valence-corrected chi connectivity index (χ4v) is 3.18. The van der Waals surface area contributed by atoms with E-state index in [1.165, 1.54) is 4.90 Å².